The Bertz CT molecular complexity index is 115. The molecule has 0 spiro atoms. The number of rotatable bonds is 1. The molecule has 0 heterocycles. The summed E-state index contributed by atoms with van der Waals surface area (Å²) in [5, 5.41) is 0. The summed E-state index contributed by atoms with van der Waals surface area (Å²) in [6.45, 7) is 0. The quantitative estimate of drug-likeness (QED) is 0.520. The molecule has 0 radical (unpaired) electrons. The molecule has 2 heteroatoms. The van der Waals surface area contributed by atoms with Crippen LogP contribution in [0.15, 0.2) is 22.2 Å². The van der Waals surface area contributed by atoms with Gasteiger partial charge in [-0.05, 0) is 0 Å². The Morgan fingerprint density at radius 2 is 2.57 bits per heavy atom. The van der Waals surface area contributed by atoms with Crippen molar-refractivity contribution >= 4 is 8.21 Å². The fourth-order valence-corrected chi connectivity index (χ4v) is 3.54. The Kier molecular flexibility index (Phi) is 2.08. The molecule has 0 fully saturated rings. The summed E-state index contributed by atoms with van der Waals surface area (Å²) >= 11 is 0.394. The van der Waals surface area contributed by atoms with Gasteiger partial charge in [-0.15, -0.1) is 0 Å². The van der Waals surface area contributed by atoms with Crippen LogP contribution in [0.25, 0.3) is 0 Å². The van der Waals surface area contributed by atoms with Crippen molar-refractivity contribution in [2.45, 2.75) is 6.42 Å². The molecule has 0 saturated heterocycles. The molecule has 1 aliphatic carbocycles. The van der Waals surface area contributed by atoms with E-state index in [2.05, 4.69) is 18.2 Å². The van der Waals surface area contributed by atoms with E-state index in [-0.39, 0.29) is 0 Å². The Balaban J connectivity index is 2.45. The molecule has 0 unspecified atom stereocenters. The summed E-state index contributed by atoms with van der Waals surface area (Å²) in [6.07, 6.45) is 8.00. The summed E-state index contributed by atoms with van der Waals surface area (Å²) in [4.78, 5) is 0. The molecule has 1 rings (SSSR count). The minimum atomic E-state index is 0.394. The number of allylic oxidation sites excluding steroid dienone is 4. The van der Waals surface area contributed by atoms with Crippen LogP contribution in [-0.4, -0.2) is 8.21 Å². The summed E-state index contributed by atoms with van der Waals surface area (Å²) < 4.78 is 1.75. The molecule has 1 aliphatic rings. The van der Waals surface area contributed by atoms with Gasteiger partial charge in [0.05, 0.1) is 0 Å². The maximum atomic E-state index is 2.29. The van der Waals surface area contributed by atoms with E-state index in [1.54, 1.807) is 3.96 Å². The van der Waals surface area contributed by atoms with Crippen LogP contribution in [0.5, 0.6) is 0 Å². The monoisotopic (exact) mass is 194 g/mol. The van der Waals surface area contributed by atoms with Crippen LogP contribution >= 0.6 is 0 Å². The third-order valence-electron chi connectivity index (χ3n) is 0.999. The van der Waals surface area contributed by atoms with Gasteiger partial charge in [0.2, 0.25) is 0 Å². The van der Waals surface area contributed by atoms with Gasteiger partial charge in [0.1, 0.15) is 0 Å². The Labute approximate surface area is 54.9 Å². The predicted molar refractivity (Wildman–Crippen MR) is 31.8 cm³/mol. The van der Waals surface area contributed by atoms with E-state index in [0.29, 0.717) is 17.8 Å². The number of hydrogen-bond acceptors (Lipinski definition) is 0. The zero-order chi connectivity index (χ0) is 5.11. The van der Waals surface area contributed by atoms with Gasteiger partial charge >= 0.3 is 54.7 Å². The van der Waals surface area contributed by atoms with Gasteiger partial charge in [0, 0.05) is 0 Å². The molecule has 7 heavy (non-hydrogen) atoms. The molecule has 0 aromatic heterocycles. The van der Waals surface area contributed by atoms with Gasteiger partial charge in [0.15, 0.2) is 0 Å². The van der Waals surface area contributed by atoms with Gasteiger partial charge in [-0.3, -0.25) is 0 Å². The fraction of sp³-hybridized carbons (Fsp3) is 0.200. The molecule has 0 saturated carbocycles. The van der Waals surface area contributed by atoms with Crippen LogP contribution < -0.4 is 0 Å². The van der Waals surface area contributed by atoms with Crippen LogP contribution in [0.2, 0.25) is 0 Å². The van der Waals surface area contributed by atoms with E-state index in [1.165, 1.54) is 14.6 Å². The first-order chi connectivity index (χ1) is 3.43. The summed E-state index contributed by atoms with van der Waals surface area (Å²) in [5.74, 6) is 0. The molecule has 0 aromatic carbocycles. The second-order valence-corrected chi connectivity index (χ2v) is 6.18. The van der Waals surface area contributed by atoms with Crippen LogP contribution in [0.3, 0.4) is 0 Å². The Morgan fingerprint density at radius 3 is 2.86 bits per heavy atom. The molecule has 0 aromatic rings. The van der Waals surface area contributed by atoms with E-state index < -0.39 is 0 Å². The van der Waals surface area contributed by atoms with Gasteiger partial charge in [-0.1, -0.05) is 0 Å². The molecule has 0 atom stereocenters. The standard InChI is InChI=1S/C5H5.Mo.H3Si/c1-2-4-5-3-1;;/h1-3H,4H2;;1H3. The van der Waals surface area contributed by atoms with E-state index in [9.17, 15) is 0 Å². The molecule has 0 amide bonds. The first-order valence-corrected chi connectivity index (χ1v) is 10.2. The summed E-state index contributed by atoms with van der Waals surface area (Å²) in [6, 6.07) is 0. The van der Waals surface area contributed by atoms with Crippen LogP contribution in [0.4, 0.5) is 0 Å². The predicted octanol–water partition coefficient (Wildman–Crippen LogP) is 0.193. The van der Waals surface area contributed by atoms with Crippen molar-refractivity contribution in [3.05, 3.63) is 22.2 Å². The second-order valence-electron chi connectivity index (χ2n) is 1.47. The Hall–Kier alpha value is 0.385. The Morgan fingerprint density at radius 1 is 1.71 bits per heavy atom. The van der Waals surface area contributed by atoms with E-state index in [0.717, 1.165) is 0 Å². The van der Waals surface area contributed by atoms with Crippen molar-refractivity contribution in [3.8, 4) is 0 Å². The average Bonchev–Trinajstić information content (AvgIpc) is 2.14. The molecule has 0 bridgehead atoms. The first kappa shape index (κ1) is 5.52. The summed E-state index contributed by atoms with van der Waals surface area (Å²) in [7, 11) is 1.45. The normalized spacial score (nSPS) is 18.0. The van der Waals surface area contributed by atoms with Crippen molar-refractivity contribution < 1.29 is 17.8 Å². The topological polar surface area (TPSA) is 0 Å². The zero-order valence-corrected chi connectivity index (χ0v) is 8.35. The third kappa shape index (κ3) is 1.39. The van der Waals surface area contributed by atoms with Crippen molar-refractivity contribution in [1.82, 2.24) is 0 Å². The maximum absolute atomic E-state index is 2.29. The minimum absolute atomic E-state index is 0.394. The van der Waals surface area contributed by atoms with E-state index in [4.69, 9.17) is 0 Å². The average molecular weight is 192 g/mol. The summed E-state index contributed by atoms with van der Waals surface area (Å²) in [5.41, 5.74) is 0. The first-order valence-electron chi connectivity index (χ1n) is 2.33. The van der Waals surface area contributed by atoms with Gasteiger partial charge in [-0.2, -0.15) is 0 Å². The third-order valence-corrected chi connectivity index (χ3v) is 6.13. The van der Waals surface area contributed by atoms with Gasteiger partial charge < -0.3 is 0 Å². The van der Waals surface area contributed by atoms with Crippen LogP contribution in [-0.2, 0) is 17.8 Å². The van der Waals surface area contributed by atoms with Crippen molar-refractivity contribution in [1.29, 1.82) is 0 Å². The molecule has 0 N–H and O–H groups in total. The molecule has 38 valence electrons. The molecular weight excluding hydrogens is 184 g/mol. The van der Waals surface area contributed by atoms with Crippen molar-refractivity contribution in [3.63, 3.8) is 0 Å². The van der Waals surface area contributed by atoms with Gasteiger partial charge in [-0.25, -0.2) is 0 Å². The number of hydrogen-bond donors (Lipinski definition) is 0. The van der Waals surface area contributed by atoms with Crippen molar-refractivity contribution in [2.75, 3.05) is 0 Å². The molecule has 0 nitrogen and oxygen atoms in total. The van der Waals surface area contributed by atoms with Gasteiger partial charge in [0.25, 0.3) is 0 Å². The van der Waals surface area contributed by atoms with E-state index >= 15 is 0 Å². The fourth-order valence-electron chi connectivity index (χ4n) is 0.579. The molecular formula is C5H8MoSi. The zero-order valence-electron chi connectivity index (χ0n) is 4.35. The second kappa shape index (κ2) is 2.63. The van der Waals surface area contributed by atoms with E-state index in [1.807, 2.05) is 0 Å². The molecule has 0 aliphatic heterocycles. The van der Waals surface area contributed by atoms with Crippen LogP contribution in [0, 0.1) is 0 Å². The van der Waals surface area contributed by atoms with Crippen molar-refractivity contribution in [2.24, 2.45) is 0 Å². The van der Waals surface area contributed by atoms with Crippen LogP contribution in [0.1, 0.15) is 6.42 Å². The SMILES string of the molecule is [SiH3][Mo][C]1=CC=CC1.